The molecule has 0 aromatic heterocycles. The standard InChI is InChI=1S/C20H26O2/c1-5-20(2,12-11-16-9-7-6-8-10-16)17-13-18(21-3)15-19(14-17)22-4/h6-10,13-15H,5,11-12H2,1-4H3/t20-/m0/s1. The van der Waals surface area contributed by atoms with Gasteiger partial charge in [-0.25, -0.2) is 0 Å². The van der Waals surface area contributed by atoms with Crippen LogP contribution in [-0.4, -0.2) is 14.2 Å². The summed E-state index contributed by atoms with van der Waals surface area (Å²) < 4.78 is 10.8. The van der Waals surface area contributed by atoms with Crippen LogP contribution in [0.4, 0.5) is 0 Å². The van der Waals surface area contributed by atoms with Gasteiger partial charge in [-0.15, -0.1) is 0 Å². The molecule has 0 aliphatic rings. The third-order valence-electron chi connectivity index (χ3n) is 4.64. The molecule has 0 saturated heterocycles. The minimum absolute atomic E-state index is 0.109. The fourth-order valence-electron chi connectivity index (χ4n) is 2.75. The van der Waals surface area contributed by atoms with Gasteiger partial charge in [-0.1, -0.05) is 44.2 Å². The van der Waals surface area contributed by atoms with E-state index in [4.69, 9.17) is 9.47 Å². The average Bonchev–Trinajstić information content (AvgIpc) is 2.60. The first-order valence-corrected chi connectivity index (χ1v) is 7.89. The molecular weight excluding hydrogens is 272 g/mol. The number of rotatable bonds is 7. The van der Waals surface area contributed by atoms with Gasteiger partial charge in [-0.3, -0.25) is 0 Å². The Morgan fingerprint density at radius 3 is 2.00 bits per heavy atom. The Bertz CT molecular complexity index is 570. The second-order valence-corrected chi connectivity index (χ2v) is 6.00. The Kier molecular flexibility index (Phi) is 5.48. The average molecular weight is 298 g/mol. The summed E-state index contributed by atoms with van der Waals surface area (Å²) in [6, 6.07) is 16.9. The van der Waals surface area contributed by atoms with Crippen molar-refractivity contribution >= 4 is 0 Å². The monoisotopic (exact) mass is 298 g/mol. The molecule has 1 atom stereocenters. The van der Waals surface area contributed by atoms with Crippen LogP contribution in [0.25, 0.3) is 0 Å². The quantitative estimate of drug-likeness (QED) is 0.716. The number of hydrogen-bond donors (Lipinski definition) is 0. The second-order valence-electron chi connectivity index (χ2n) is 6.00. The molecule has 0 aliphatic carbocycles. The van der Waals surface area contributed by atoms with Gasteiger partial charge < -0.3 is 9.47 Å². The molecule has 2 nitrogen and oxygen atoms in total. The highest BCUT2D eigenvalue weighted by atomic mass is 16.5. The van der Waals surface area contributed by atoms with E-state index in [1.165, 1.54) is 11.1 Å². The van der Waals surface area contributed by atoms with Crippen LogP contribution in [-0.2, 0) is 11.8 Å². The van der Waals surface area contributed by atoms with Crippen LogP contribution < -0.4 is 9.47 Å². The van der Waals surface area contributed by atoms with Crippen LogP contribution in [0.5, 0.6) is 11.5 Å². The van der Waals surface area contributed by atoms with Crippen LogP contribution in [0.2, 0.25) is 0 Å². The van der Waals surface area contributed by atoms with E-state index in [1.807, 2.05) is 6.07 Å². The molecule has 0 N–H and O–H groups in total. The molecule has 118 valence electrons. The number of aryl methyl sites for hydroxylation is 1. The minimum atomic E-state index is 0.109. The summed E-state index contributed by atoms with van der Waals surface area (Å²) in [5.41, 5.74) is 2.77. The summed E-state index contributed by atoms with van der Waals surface area (Å²) in [4.78, 5) is 0. The van der Waals surface area contributed by atoms with Crippen LogP contribution in [0.1, 0.15) is 37.8 Å². The van der Waals surface area contributed by atoms with Crippen molar-refractivity contribution < 1.29 is 9.47 Å². The zero-order valence-corrected chi connectivity index (χ0v) is 14.1. The summed E-state index contributed by atoms with van der Waals surface area (Å²) in [7, 11) is 3.40. The van der Waals surface area contributed by atoms with E-state index in [2.05, 4.69) is 56.3 Å². The molecule has 2 aromatic carbocycles. The Labute approximate surface area is 134 Å². The molecule has 2 heteroatoms. The third-order valence-corrected chi connectivity index (χ3v) is 4.64. The van der Waals surface area contributed by atoms with Crippen molar-refractivity contribution in [1.29, 1.82) is 0 Å². The summed E-state index contributed by atoms with van der Waals surface area (Å²) in [5.74, 6) is 1.71. The van der Waals surface area contributed by atoms with Crippen LogP contribution in [0.15, 0.2) is 48.5 Å². The highest BCUT2D eigenvalue weighted by Gasteiger charge is 2.25. The van der Waals surface area contributed by atoms with Crippen molar-refractivity contribution in [2.24, 2.45) is 0 Å². The van der Waals surface area contributed by atoms with Gasteiger partial charge in [0.05, 0.1) is 14.2 Å². The first-order chi connectivity index (χ1) is 10.6. The number of benzene rings is 2. The van der Waals surface area contributed by atoms with E-state index in [9.17, 15) is 0 Å². The molecule has 2 aromatic rings. The lowest BCUT2D eigenvalue weighted by Gasteiger charge is -2.30. The number of methoxy groups -OCH3 is 2. The van der Waals surface area contributed by atoms with Crippen LogP contribution in [0, 0.1) is 0 Å². The first kappa shape index (κ1) is 16.4. The zero-order valence-electron chi connectivity index (χ0n) is 14.1. The van der Waals surface area contributed by atoms with Gasteiger partial charge in [0.15, 0.2) is 0 Å². The molecule has 0 radical (unpaired) electrons. The second kappa shape index (κ2) is 7.35. The normalized spacial score (nSPS) is 13.5. The van der Waals surface area contributed by atoms with E-state index in [0.29, 0.717) is 0 Å². The number of hydrogen-bond acceptors (Lipinski definition) is 2. The summed E-state index contributed by atoms with van der Waals surface area (Å²) >= 11 is 0. The van der Waals surface area contributed by atoms with Gasteiger partial charge in [0.25, 0.3) is 0 Å². The molecule has 0 unspecified atom stereocenters. The highest BCUT2D eigenvalue weighted by molar-refractivity contribution is 5.41. The van der Waals surface area contributed by atoms with Crippen molar-refractivity contribution in [1.82, 2.24) is 0 Å². The van der Waals surface area contributed by atoms with E-state index < -0.39 is 0 Å². The Hall–Kier alpha value is -1.96. The molecule has 0 saturated carbocycles. The lowest BCUT2D eigenvalue weighted by molar-refractivity contribution is 0.380. The molecule has 2 rings (SSSR count). The number of ether oxygens (including phenoxy) is 2. The van der Waals surface area contributed by atoms with Gasteiger partial charge in [-0.2, -0.15) is 0 Å². The van der Waals surface area contributed by atoms with Crippen molar-refractivity contribution in [3.05, 3.63) is 59.7 Å². The maximum Gasteiger partial charge on any atom is 0.122 e. The minimum Gasteiger partial charge on any atom is -0.497 e. The first-order valence-electron chi connectivity index (χ1n) is 7.89. The van der Waals surface area contributed by atoms with Crippen molar-refractivity contribution in [2.45, 2.75) is 38.5 Å². The van der Waals surface area contributed by atoms with Gasteiger partial charge >= 0.3 is 0 Å². The molecular formula is C20H26O2. The Morgan fingerprint density at radius 1 is 0.909 bits per heavy atom. The molecule has 0 bridgehead atoms. The summed E-state index contributed by atoms with van der Waals surface area (Å²) in [5, 5.41) is 0. The predicted molar refractivity (Wildman–Crippen MR) is 92.0 cm³/mol. The van der Waals surface area contributed by atoms with E-state index in [1.54, 1.807) is 14.2 Å². The molecule has 0 aliphatic heterocycles. The molecule has 0 heterocycles. The molecule has 0 spiro atoms. The van der Waals surface area contributed by atoms with Crippen molar-refractivity contribution in [3.63, 3.8) is 0 Å². The largest absolute Gasteiger partial charge is 0.497 e. The van der Waals surface area contributed by atoms with E-state index in [-0.39, 0.29) is 5.41 Å². The molecule has 22 heavy (non-hydrogen) atoms. The Balaban J connectivity index is 2.25. The van der Waals surface area contributed by atoms with Gasteiger partial charge in [-0.05, 0) is 47.9 Å². The fourth-order valence-corrected chi connectivity index (χ4v) is 2.75. The lowest BCUT2D eigenvalue weighted by Crippen LogP contribution is -2.22. The maximum atomic E-state index is 5.42. The predicted octanol–water partition coefficient (Wildman–Crippen LogP) is 5.00. The topological polar surface area (TPSA) is 18.5 Å². The highest BCUT2D eigenvalue weighted by Crippen LogP contribution is 2.37. The molecule has 0 amide bonds. The maximum absolute atomic E-state index is 5.42. The van der Waals surface area contributed by atoms with Crippen LogP contribution in [0.3, 0.4) is 0 Å². The van der Waals surface area contributed by atoms with Crippen molar-refractivity contribution in [3.8, 4) is 11.5 Å². The zero-order chi connectivity index (χ0) is 16.0. The summed E-state index contributed by atoms with van der Waals surface area (Å²) in [6.07, 6.45) is 3.25. The van der Waals surface area contributed by atoms with Crippen molar-refractivity contribution in [2.75, 3.05) is 14.2 Å². The van der Waals surface area contributed by atoms with Crippen LogP contribution >= 0.6 is 0 Å². The SMILES string of the molecule is CC[C@@](C)(CCc1ccccc1)c1cc(OC)cc(OC)c1. The van der Waals surface area contributed by atoms with E-state index >= 15 is 0 Å². The third kappa shape index (κ3) is 3.82. The Morgan fingerprint density at radius 2 is 1.50 bits per heavy atom. The van der Waals surface area contributed by atoms with Gasteiger partial charge in [0.2, 0.25) is 0 Å². The fraction of sp³-hybridized carbons (Fsp3) is 0.400. The smallest absolute Gasteiger partial charge is 0.122 e. The van der Waals surface area contributed by atoms with E-state index in [0.717, 1.165) is 30.8 Å². The van der Waals surface area contributed by atoms with Gasteiger partial charge in [0, 0.05) is 6.07 Å². The summed E-state index contributed by atoms with van der Waals surface area (Å²) in [6.45, 7) is 4.57. The van der Waals surface area contributed by atoms with Gasteiger partial charge in [0.1, 0.15) is 11.5 Å². The lowest BCUT2D eigenvalue weighted by atomic mass is 9.75. The molecule has 0 fully saturated rings.